The maximum atomic E-state index is 12.7. The van der Waals surface area contributed by atoms with Gasteiger partial charge >= 0.3 is 17.9 Å². The molecule has 0 radical (unpaired) electrons. The number of ether oxygens (including phenoxy) is 3. The van der Waals surface area contributed by atoms with E-state index in [1.807, 2.05) is 48.6 Å². The first-order valence-electron chi connectivity index (χ1n) is 23.6. The summed E-state index contributed by atoms with van der Waals surface area (Å²) in [7, 11) is 0. The second kappa shape index (κ2) is 47.5. The number of unbranched alkanes of at least 4 members (excludes halogenated alkanes) is 12. The van der Waals surface area contributed by atoms with Gasteiger partial charge in [0.05, 0.1) is 0 Å². The van der Waals surface area contributed by atoms with Crippen molar-refractivity contribution in [3.05, 3.63) is 122 Å². The van der Waals surface area contributed by atoms with Gasteiger partial charge < -0.3 is 14.2 Å². The lowest BCUT2D eigenvalue weighted by atomic mass is 10.1. The molecule has 0 amide bonds. The van der Waals surface area contributed by atoms with Crippen LogP contribution in [0.5, 0.6) is 0 Å². The van der Waals surface area contributed by atoms with Crippen LogP contribution in [0, 0.1) is 0 Å². The van der Waals surface area contributed by atoms with Gasteiger partial charge in [-0.3, -0.25) is 14.4 Å². The normalized spacial score (nSPS) is 13.2. The molecule has 0 saturated carbocycles. The Balaban J connectivity index is 4.61. The second-order valence-corrected chi connectivity index (χ2v) is 15.0. The van der Waals surface area contributed by atoms with Crippen LogP contribution in [0.3, 0.4) is 0 Å². The molecule has 0 fully saturated rings. The van der Waals surface area contributed by atoms with Crippen molar-refractivity contribution in [1.82, 2.24) is 0 Å². The lowest BCUT2D eigenvalue weighted by Gasteiger charge is -2.18. The van der Waals surface area contributed by atoms with Gasteiger partial charge in [-0.15, -0.1) is 0 Å². The lowest BCUT2D eigenvalue weighted by Crippen LogP contribution is -2.30. The highest BCUT2D eigenvalue weighted by atomic mass is 16.6. The first-order valence-corrected chi connectivity index (χ1v) is 23.6. The number of hydrogen-bond acceptors (Lipinski definition) is 6. The third-order valence-corrected chi connectivity index (χ3v) is 9.29. The van der Waals surface area contributed by atoms with E-state index in [2.05, 4.69) is 93.7 Å². The molecular weight excluding hydrogens is 745 g/mol. The van der Waals surface area contributed by atoms with E-state index in [1.165, 1.54) is 38.5 Å². The minimum absolute atomic E-state index is 0.129. The second-order valence-electron chi connectivity index (χ2n) is 15.0. The summed E-state index contributed by atoms with van der Waals surface area (Å²) in [4.78, 5) is 37.8. The van der Waals surface area contributed by atoms with E-state index in [4.69, 9.17) is 14.2 Å². The van der Waals surface area contributed by atoms with E-state index >= 15 is 0 Å². The average molecular weight is 829 g/mol. The van der Waals surface area contributed by atoms with E-state index in [1.54, 1.807) is 0 Å². The molecule has 0 N–H and O–H groups in total. The maximum absolute atomic E-state index is 12.7. The van der Waals surface area contributed by atoms with Crippen molar-refractivity contribution in [3.8, 4) is 0 Å². The summed E-state index contributed by atoms with van der Waals surface area (Å²) in [5, 5.41) is 0. The summed E-state index contributed by atoms with van der Waals surface area (Å²) in [5.41, 5.74) is 0. The number of carbonyl (C=O) groups is 3. The molecule has 6 nitrogen and oxygen atoms in total. The Hall–Kier alpha value is -4.19. The number of rotatable bonds is 40. The molecule has 0 aromatic heterocycles. The van der Waals surface area contributed by atoms with Crippen molar-refractivity contribution in [1.29, 1.82) is 0 Å². The summed E-state index contributed by atoms with van der Waals surface area (Å²) < 4.78 is 16.6. The van der Waals surface area contributed by atoms with Gasteiger partial charge in [-0.25, -0.2) is 0 Å². The molecule has 60 heavy (non-hydrogen) atoms. The predicted molar refractivity (Wildman–Crippen MR) is 256 cm³/mol. The van der Waals surface area contributed by atoms with E-state index < -0.39 is 6.10 Å². The molecule has 0 aromatic rings. The van der Waals surface area contributed by atoms with Gasteiger partial charge in [0.25, 0.3) is 0 Å². The Bertz CT molecular complexity index is 1320. The number of hydrogen-bond donors (Lipinski definition) is 0. The monoisotopic (exact) mass is 829 g/mol. The predicted octanol–water partition coefficient (Wildman–Crippen LogP) is 15.4. The van der Waals surface area contributed by atoms with E-state index in [0.717, 1.165) is 89.9 Å². The fourth-order valence-electron chi connectivity index (χ4n) is 5.79. The Morgan fingerprint density at radius 3 is 1.32 bits per heavy atom. The number of carbonyl (C=O) groups excluding carboxylic acids is 3. The number of allylic oxidation sites excluding steroid dienone is 20. The van der Waals surface area contributed by atoms with E-state index in [0.29, 0.717) is 19.3 Å². The van der Waals surface area contributed by atoms with Crippen LogP contribution in [-0.2, 0) is 28.6 Å². The molecule has 1 atom stereocenters. The third-order valence-electron chi connectivity index (χ3n) is 9.29. The van der Waals surface area contributed by atoms with Gasteiger partial charge in [-0.1, -0.05) is 187 Å². The Kier molecular flexibility index (Phi) is 44.2. The summed E-state index contributed by atoms with van der Waals surface area (Å²) in [6.45, 7) is 6.23. The number of esters is 3. The molecule has 6 heteroatoms. The molecule has 0 aliphatic heterocycles. The van der Waals surface area contributed by atoms with Crippen molar-refractivity contribution in [3.63, 3.8) is 0 Å². The van der Waals surface area contributed by atoms with Crippen molar-refractivity contribution < 1.29 is 28.6 Å². The Morgan fingerprint density at radius 1 is 0.367 bits per heavy atom. The standard InChI is InChI=1S/C54H84O6/c1-4-7-10-13-16-19-22-25-26-27-30-32-35-38-41-44-47-53(56)59-50-51(60-54(57)48-45-42-39-36-33-29-24-21-18-15-12-9-6-3)49-58-52(55)46-43-40-37-34-31-28-23-20-17-14-11-8-5-2/h7,9-10,12,15-16,18-19,21,24-26,28-33,38,41,51H,4-6,8,11,13-14,17,20,22-23,27,34-37,39-40,42-50H2,1-3H3/b10-7-,12-9-,18-15-,19-16-,24-21-,26-25-,31-28-,32-30-,33-29-,41-38-. The molecule has 0 heterocycles. The van der Waals surface area contributed by atoms with Crippen LogP contribution in [-0.4, -0.2) is 37.2 Å². The summed E-state index contributed by atoms with van der Waals surface area (Å²) in [6.07, 6.45) is 64.8. The zero-order valence-electron chi connectivity index (χ0n) is 38.2. The fraction of sp³-hybridized carbons (Fsp3) is 0.574. The van der Waals surface area contributed by atoms with Gasteiger partial charge in [0.15, 0.2) is 6.10 Å². The van der Waals surface area contributed by atoms with Crippen LogP contribution in [0.25, 0.3) is 0 Å². The van der Waals surface area contributed by atoms with Crippen molar-refractivity contribution >= 4 is 17.9 Å². The minimum Gasteiger partial charge on any atom is -0.462 e. The van der Waals surface area contributed by atoms with E-state index in [-0.39, 0.29) is 44.0 Å². The van der Waals surface area contributed by atoms with E-state index in [9.17, 15) is 14.4 Å². The summed E-state index contributed by atoms with van der Waals surface area (Å²) in [5.74, 6) is -1.08. The maximum Gasteiger partial charge on any atom is 0.306 e. The summed E-state index contributed by atoms with van der Waals surface area (Å²) >= 11 is 0. The van der Waals surface area contributed by atoms with Gasteiger partial charge in [0.1, 0.15) is 13.2 Å². The third kappa shape index (κ3) is 44.9. The average Bonchev–Trinajstić information content (AvgIpc) is 3.24. The molecule has 0 aromatic carbocycles. The molecule has 0 aliphatic carbocycles. The largest absolute Gasteiger partial charge is 0.462 e. The first-order chi connectivity index (χ1) is 29.5. The van der Waals surface area contributed by atoms with Gasteiger partial charge in [0, 0.05) is 19.3 Å². The summed E-state index contributed by atoms with van der Waals surface area (Å²) in [6, 6.07) is 0. The van der Waals surface area contributed by atoms with Crippen LogP contribution in [0.2, 0.25) is 0 Å². The molecular formula is C54H84O6. The van der Waals surface area contributed by atoms with Crippen molar-refractivity contribution in [2.24, 2.45) is 0 Å². The van der Waals surface area contributed by atoms with Crippen LogP contribution in [0.4, 0.5) is 0 Å². The highest BCUT2D eigenvalue weighted by Crippen LogP contribution is 2.11. The molecule has 0 aliphatic rings. The molecule has 0 saturated heterocycles. The lowest BCUT2D eigenvalue weighted by molar-refractivity contribution is -0.166. The van der Waals surface area contributed by atoms with Gasteiger partial charge in [-0.2, -0.15) is 0 Å². The first kappa shape index (κ1) is 55.8. The van der Waals surface area contributed by atoms with Crippen LogP contribution in [0.15, 0.2) is 122 Å². The van der Waals surface area contributed by atoms with Crippen LogP contribution >= 0.6 is 0 Å². The minimum atomic E-state index is -0.836. The van der Waals surface area contributed by atoms with Gasteiger partial charge in [-0.05, 0) is 96.3 Å². The topological polar surface area (TPSA) is 78.9 Å². The quantitative estimate of drug-likeness (QED) is 0.0201. The highest BCUT2D eigenvalue weighted by Gasteiger charge is 2.19. The SMILES string of the molecule is CC\C=C/C=C\C=C/C=C\CCCCCC(=O)OC(COC(=O)CC/C=C\C/C=C\C/C=C\C/C=C\C/C=C\CC)COC(=O)CCCCC/C=C\CCCCCCCC. The fourth-order valence-corrected chi connectivity index (χ4v) is 5.79. The molecule has 0 spiro atoms. The zero-order valence-corrected chi connectivity index (χ0v) is 38.2. The Morgan fingerprint density at radius 2 is 0.767 bits per heavy atom. The van der Waals surface area contributed by atoms with Crippen molar-refractivity contribution in [2.45, 2.75) is 187 Å². The van der Waals surface area contributed by atoms with Crippen LogP contribution < -0.4 is 0 Å². The Labute approximate surface area is 367 Å². The zero-order chi connectivity index (χ0) is 43.7. The molecule has 1 unspecified atom stereocenters. The smallest absolute Gasteiger partial charge is 0.306 e. The van der Waals surface area contributed by atoms with Crippen LogP contribution in [0.1, 0.15) is 181 Å². The van der Waals surface area contributed by atoms with Gasteiger partial charge in [0.2, 0.25) is 0 Å². The molecule has 336 valence electrons. The molecule has 0 bridgehead atoms. The van der Waals surface area contributed by atoms with Crippen molar-refractivity contribution in [2.75, 3.05) is 13.2 Å². The highest BCUT2D eigenvalue weighted by molar-refractivity contribution is 5.71. The molecule has 0 rings (SSSR count).